The lowest BCUT2D eigenvalue weighted by molar-refractivity contribution is 0.301. The van der Waals surface area contributed by atoms with Gasteiger partial charge in [-0.2, -0.15) is 5.10 Å². The lowest BCUT2D eigenvalue weighted by atomic mass is 10.2. The Morgan fingerprint density at radius 1 is 1.07 bits per heavy atom. The Hall–Kier alpha value is -1.59. The summed E-state index contributed by atoms with van der Waals surface area (Å²) in [5.74, 6) is 0.323. The van der Waals surface area contributed by atoms with E-state index in [2.05, 4.69) is 70.9 Å². The van der Waals surface area contributed by atoms with Crippen molar-refractivity contribution in [3.63, 3.8) is 0 Å². The Bertz CT molecular complexity index is 848. The van der Waals surface area contributed by atoms with E-state index >= 15 is 0 Å². The zero-order valence-corrected chi connectivity index (χ0v) is 20.2. The normalized spacial score (nSPS) is 12.7. The van der Waals surface area contributed by atoms with Gasteiger partial charge in [-0.1, -0.05) is 82.6 Å². The molecule has 0 atom stereocenters. The lowest BCUT2D eigenvalue weighted by Gasteiger charge is -2.39. The molecule has 2 aromatic rings. The molecule has 1 aromatic carbocycles. The van der Waals surface area contributed by atoms with Crippen LogP contribution in [0.1, 0.15) is 67.0 Å². The van der Waals surface area contributed by atoms with Crippen LogP contribution in [0.15, 0.2) is 35.3 Å². The van der Waals surface area contributed by atoms with Gasteiger partial charge in [0.1, 0.15) is 6.61 Å². The molecule has 0 aliphatic heterocycles. The monoisotopic (exact) mass is 420 g/mol. The fraction of sp³-hybridized carbons (Fsp3) is 0.545. The van der Waals surface area contributed by atoms with Gasteiger partial charge in [0.2, 0.25) is 0 Å². The molecule has 0 N–H and O–H groups in total. The third kappa shape index (κ3) is 5.26. The van der Waals surface area contributed by atoms with Gasteiger partial charge in [0.25, 0.3) is 5.56 Å². The summed E-state index contributed by atoms with van der Waals surface area (Å²) in [5, 5.41) is 6.28. The summed E-state index contributed by atoms with van der Waals surface area (Å²) in [7, 11) is -1.22. The number of rotatable bonds is 5. The maximum Gasteiger partial charge on any atom is 0.289 e. The lowest BCUT2D eigenvalue weighted by Crippen LogP contribution is -2.45. The second-order valence-corrected chi connectivity index (χ2v) is 15.2. The first kappa shape index (κ1) is 22.7. The Labute approximate surface area is 175 Å². The number of halogens is 1. The molecule has 0 saturated heterocycles. The highest BCUT2D eigenvalue weighted by molar-refractivity contribution is 6.78. The van der Waals surface area contributed by atoms with Crippen LogP contribution in [0.5, 0.6) is 5.75 Å². The molecule has 0 fully saturated rings. The van der Waals surface area contributed by atoms with Crippen molar-refractivity contribution in [2.24, 2.45) is 0 Å². The van der Waals surface area contributed by atoms with Crippen molar-refractivity contribution >= 4 is 25.6 Å². The molecular formula is C22H33ClN2O2Si. The molecule has 0 bridgehead atoms. The zero-order chi connectivity index (χ0) is 21.3. The first-order valence-corrected chi connectivity index (χ1v) is 11.9. The Morgan fingerprint density at radius 3 is 2.07 bits per heavy atom. The summed E-state index contributed by atoms with van der Waals surface area (Å²) < 4.78 is 7.13. The van der Waals surface area contributed by atoms with Crippen molar-refractivity contribution in [1.82, 2.24) is 9.78 Å². The number of benzene rings is 1. The van der Waals surface area contributed by atoms with Gasteiger partial charge in [-0.25, -0.2) is 4.68 Å². The molecule has 4 nitrogen and oxygen atoms in total. The number of aromatic nitrogens is 2. The quantitative estimate of drug-likeness (QED) is 0.632. The highest BCUT2D eigenvalue weighted by atomic mass is 35.5. The largest absolute Gasteiger partial charge is 0.485 e. The molecule has 0 aliphatic rings. The smallest absolute Gasteiger partial charge is 0.289 e. The van der Waals surface area contributed by atoms with E-state index in [0.29, 0.717) is 22.4 Å². The topological polar surface area (TPSA) is 44.1 Å². The van der Waals surface area contributed by atoms with Crippen molar-refractivity contribution in [3.05, 3.63) is 51.4 Å². The van der Waals surface area contributed by atoms with Crippen LogP contribution in [-0.4, -0.2) is 18.6 Å². The van der Waals surface area contributed by atoms with Crippen molar-refractivity contribution in [2.45, 2.75) is 78.1 Å². The van der Waals surface area contributed by atoms with Gasteiger partial charge >= 0.3 is 0 Å². The van der Waals surface area contributed by atoms with Crippen LogP contribution in [0.4, 0.5) is 0 Å². The summed E-state index contributed by atoms with van der Waals surface area (Å²) in [6.07, 6.45) is 1.51. The van der Waals surface area contributed by atoms with E-state index in [1.54, 1.807) is 0 Å². The molecule has 6 heteroatoms. The Kier molecular flexibility index (Phi) is 6.82. The zero-order valence-electron chi connectivity index (χ0n) is 18.3. The van der Waals surface area contributed by atoms with E-state index in [1.165, 1.54) is 16.1 Å². The second-order valence-electron chi connectivity index (χ2n) is 9.86. The predicted octanol–water partition coefficient (Wildman–Crippen LogP) is 5.09. The van der Waals surface area contributed by atoms with Gasteiger partial charge in [-0.05, 0) is 29.5 Å². The van der Waals surface area contributed by atoms with Crippen LogP contribution in [0, 0.1) is 0 Å². The summed E-state index contributed by atoms with van der Waals surface area (Å²) in [6, 6.07) is 8.66. The molecule has 0 spiro atoms. The van der Waals surface area contributed by atoms with E-state index in [0.717, 1.165) is 5.56 Å². The van der Waals surface area contributed by atoms with Crippen LogP contribution in [0.2, 0.25) is 15.1 Å². The average Bonchev–Trinajstić information content (AvgIpc) is 2.54. The van der Waals surface area contributed by atoms with Crippen LogP contribution in [0.3, 0.4) is 0 Å². The van der Waals surface area contributed by atoms with E-state index in [-0.39, 0.29) is 16.6 Å². The van der Waals surface area contributed by atoms with E-state index < -0.39 is 8.80 Å². The molecule has 0 aliphatic carbocycles. The minimum absolute atomic E-state index is 0.0469. The fourth-order valence-corrected chi connectivity index (χ4v) is 9.53. The van der Waals surface area contributed by atoms with Gasteiger partial charge in [0, 0.05) is 0 Å². The van der Waals surface area contributed by atoms with Crippen molar-refractivity contribution in [1.29, 1.82) is 0 Å². The highest BCUT2D eigenvalue weighted by Gasteiger charge is 2.37. The van der Waals surface area contributed by atoms with Gasteiger partial charge in [-0.3, -0.25) is 4.79 Å². The molecule has 154 valence electrons. The Morgan fingerprint density at radius 2 is 1.61 bits per heavy atom. The first-order chi connectivity index (χ1) is 12.8. The minimum Gasteiger partial charge on any atom is -0.485 e. The maximum absolute atomic E-state index is 12.2. The first-order valence-electron chi connectivity index (χ1n) is 9.81. The number of hydrogen-bond donors (Lipinski definition) is 0. The summed E-state index contributed by atoms with van der Waals surface area (Å²) in [4.78, 5) is 12.2. The van der Waals surface area contributed by atoms with Crippen molar-refractivity contribution in [2.75, 3.05) is 0 Å². The summed E-state index contributed by atoms with van der Waals surface area (Å²) in [5.41, 5.74) is 0.720. The summed E-state index contributed by atoms with van der Waals surface area (Å²) >= 11 is 6.18. The molecule has 0 amide bonds. The van der Waals surface area contributed by atoms with E-state index in [9.17, 15) is 4.79 Å². The molecule has 2 rings (SSSR count). The molecular weight excluding hydrogens is 388 g/mol. The van der Waals surface area contributed by atoms with Crippen LogP contribution in [0.25, 0.3) is 0 Å². The maximum atomic E-state index is 12.2. The molecule has 1 aromatic heterocycles. The van der Waals surface area contributed by atoms with E-state index in [4.69, 9.17) is 16.3 Å². The molecule has 0 saturated carbocycles. The molecule has 0 radical (unpaired) electrons. The van der Waals surface area contributed by atoms with Crippen molar-refractivity contribution in [3.8, 4) is 5.75 Å². The van der Waals surface area contributed by atoms with Gasteiger partial charge < -0.3 is 4.74 Å². The standard InChI is InChI=1S/C22H33ClN2O2Si/c1-15(2)25-20(26)19(23)18(13-24-25)27-14-16-9-11-17(12-10-16)28(21(3,4)5)22(6,7)8/h9-13,15,28H,14H2,1-8H3. The molecule has 28 heavy (non-hydrogen) atoms. The minimum atomic E-state index is -1.22. The third-order valence-electron chi connectivity index (χ3n) is 4.84. The highest BCUT2D eigenvalue weighted by Crippen LogP contribution is 2.41. The molecule has 0 unspecified atom stereocenters. The van der Waals surface area contributed by atoms with E-state index in [1.807, 2.05) is 13.8 Å². The van der Waals surface area contributed by atoms with Crippen LogP contribution >= 0.6 is 11.6 Å². The third-order valence-corrected chi connectivity index (χ3v) is 9.70. The number of ether oxygens (including phenoxy) is 1. The molecule has 1 heterocycles. The Balaban J connectivity index is 2.18. The SMILES string of the molecule is CC(C)n1ncc(OCc2ccc([SiH](C(C)(C)C)C(C)(C)C)cc2)c(Cl)c1=O. The number of hydrogen-bond acceptors (Lipinski definition) is 3. The number of nitrogens with zero attached hydrogens (tertiary/aromatic N) is 2. The average molecular weight is 421 g/mol. The van der Waals surface area contributed by atoms with Gasteiger partial charge in [-0.15, -0.1) is 0 Å². The van der Waals surface area contributed by atoms with Crippen molar-refractivity contribution < 1.29 is 4.74 Å². The van der Waals surface area contributed by atoms with Crippen LogP contribution in [-0.2, 0) is 6.61 Å². The predicted molar refractivity (Wildman–Crippen MR) is 121 cm³/mol. The van der Waals surface area contributed by atoms with Gasteiger partial charge in [0.05, 0.1) is 21.0 Å². The second kappa shape index (κ2) is 8.42. The summed E-state index contributed by atoms with van der Waals surface area (Å²) in [6.45, 7) is 18.2. The van der Waals surface area contributed by atoms with Gasteiger partial charge in [0.15, 0.2) is 10.8 Å². The van der Waals surface area contributed by atoms with Crippen LogP contribution < -0.4 is 15.5 Å². The fourth-order valence-electron chi connectivity index (χ4n) is 4.16.